The first-order valence-corrected chi connectivity index (χ1v) is 18.5. The lowest BCUT2D eigenvalue weighted by Crippen LogP contribution is -2.57. The number of hydrogen-bond acceptors (Lipinski definition) is 2. The molecule has 11 rings (SSSR count). The Bertz CT molecular complexity index is 2990. The minimum atomic E-state index is -0.0560. The summed E-state index contributed by atoms with van der Waals surface area (Å²) in [6.45, 7) is 2.23. The van der Waals surface area contributed by atoms with Crippen LogP contribution in [0.25, 0.3) is 66.3 Å². The highest BCUT2D eigenvalue weighted by atomic mass is 15.2. The number of nitrogens with zero attached hydrogens (tertiary/aromatic N) is 3. The highest BCUT2D eigenvalue weighted by molar-refractivity contribution is 6.90. The molecule has 0 N–H and O–H groups in total. The van der Waals surface area contributed by atoms with E-state index in [1.165, 1.54) is 88.6 Å². The minimum absolute atomic E-state index is 0.0560. The zero-order valence-corrected chi connectivity index (χ0v) is 29.7. The first-order chi connectivity index (χ1) is 26.7. The summed E-state index contributed by atoms with van der Waals surface area (Å²) in [7, 11) is 0. The SMILES string of the molecule is Cc1c(-c2ccc(C#N)cc2)cc2c3c1-c1cccc4c5ccccc5n(c14)B3c1cc(-c3ccccc3)ccc1N2c1ccc(-c2ccccc2)cc1. The van der Waals surface area contributed by atoms with Crippen molar-refractivity contribution in [3.8, 4) is 50.6 Å². The van der Waals surface area contributed by atoms with Gasteiger partial charge in [0.05, 0.1) is 11.6 Å². The summed E-state index contributed by atoms with van der Waals surface area (Å²) in [5, 5.41) is 12.2. The average Bonchev–Trinajstić information content (AvgIpc) is 3.58. The van der Waals surface area contributed by atoms with E-state index in [1.54, 1.807) is 0 Å². The molecule has 0 unspecified atom stereocenters. The average molecular weight is 686 g/mol. The van der Waals surface area contributed by atoms with Crippen LogP contribution >= 0.6 is 0 Å². The quantitative estimate of drug-likeness (QED) is 0.173. The second-order valence-corrected chi connectivity index (χ2v) is 14.4. The van der Waals surface area contributed by atoms with Crippen molar-refractivity contribution in [3.63, 3.8) is 0 Å². The van der Waals surface area contributed by atoms with Crippen LogP contribution in [-0.2, 0) is 0 Å². The Morgan fingerprint density at radius 1 is 0.519 bits per heavy atom. The van der Waals surface area contributed by atoms with Gasteiger partial charge in [-0.1, -0.05) is 133 Å². The number of benzene rings is 8. The molecule has 0 aliphatic carbocycles. The van der Waals surface area contributed by atoms with Crippen LogP contribution in [0.3, 0.4) is 0 Å². The summed E-state index contributed by atoms with van der Waals surface area (Å²) in [5.41, 5.74) is 20.1. The highest BCUT2D eigenvalue weighted by Crippen LogP contribution is 2.48. The molecule has 4 heteroatoms. The predicted molar refractivity (Wildman–Crippen MR) is 226 cm³/mol. The Kier molecular flexibility index (Phi) is 6.62. The van der Waals surface area contributed by atoms with Crippen LogP contribution in [0.4, 0.5) is 17.1 Å². The zero-order valence-electron chi connectivity index (χ0n) is 29.7. The maximum atomic E-state index is 9.65. The standard InChI is InChI=1S/C50H32BN3/c1-32-43(37-21-19-33(31-52)20-22-37)30-47-49-48(32)42-17-10-16-41-40-15-8-9-18-45(40)54(50(41)42)51(49)44-29-38(35-13-6-3-7-14-35)25-28-46(44)53(47)39-26-23-36(24-27-39)34-11-4-2-5-12-34/h2-30H,1H3. The first kappa shape index (κ1) is 30.5. The van der Waals surface area contributed by atoms with Gasteiger partial charge in [-0.3, -0.25) is 0 Å². The van der Waals surface area contributed by atoms with Gasteiger partial charge in [-0.05, 0) is 105 Å². The van der Waals surface area contributed by atoms with Crippen molar-refractivity contribution in [3.05, 3.63) is 187 Å². The Balaban J connectivity index is 1.26. The van der Waals surface area contributed by atoms with Gasteiger partial charge in [0, 0.05) is 44.4 Å². The summed E-state index contributed by atoms with van der Waals surface area (Å²) >= 11 is 0. The third-order valence-corrected chi connectivity index (χ3v) is 11.6. The topological polar surface area (TPSA) is 32.0 Å². The summed E-state index contributed by atoms with van der Waals surface area (Å²) in [6, 6.07) is 65.9. The fourth-order valence-corrected chi connectivity index (χ4v) is 9.20. The van der Waals surface area contributed by atoms with E-state index >= 15 is 0 Å². The fourth-order valence-electron chi connectivity index (χ4n) is 9.20. The van der Waals surface area contributed by atoms with Gasteiger partial charge in [-0.15, -0.1) is 0 Å². The molecular formula is C50H32BN3. The second kappa shape index (κ2) is 11.7. The van der Waals surface area contributed by atoms with E-state index in [0.29, 0.717) is 5.56 Å². The molecule has 0 amide bonds. The van der Waals surface area contributed by atoms with Gasteiger partial charge in [-0.25, -0.2) is 0 Å². The van der Waals surface area contributed by atoms with E-state index in [4.69, 9.17) is 0 Å². The molecule has 0 radical (unpaired) electrons. The Labute approximate surface area is 314 Å². The van der Waals surface area contributed by atoms with Crippen LogP contribution in [0, 0.1) is 18.3 Å². The molecule has 1 aromatic heterocycles. The van der Waals surface area contributed by atoms with Gasteiger partial charge < -0.3 is 9.38 Å². The van der Waals surface area contributed by atoms with E-state index in [-0.39, 0.29) is 6.85 Å². The second-order valence-electron chi connectivity index (χ2n) is 14.4. The Morgan fingerprint density at radius 3 is 1.89 bits per heavy atom. The molecule has 54 heavy (non-hydrogen) atoms. The summed E-state index contributed by atoms with van der Waals surface area (Å²) < 4.78 is 2.62. The highest BCUT2D eigenvalue weighted by Gasteiger charge is 2.43. The molecule has 2 aliphatic rings. The molecule has 3 nitrogen and oxygen atoms in total. The fraction of sp³-hybridized carbons (Fsp3) is 0.0200. The van der Waals surface area contributed by atoms with E-state index in [1.807, 2.05) is 12.1 Å². The molecule has 0 spiro atoms. The lowest BCUT2D eigenvalue weighted by Gasteiger charge is -2.41. The molecule has 250 valence electrons. The lowest BCUT2D eigenvalue weighted by atomic mass is 9.44. The summed E-state index contributed by atoms with van der Waals surface area (Å²) in [5.74, 6) is 0. The third-order valence-electron chi connectivity index (χ3n) is 11.6. The van der Waals surface area contributed by atoms with Crippen LogP contribution in [0.15, 0.2) is 176 Å². The normalized spacial score (nSPS) is 12.4. The molecule has 9 aromatic rings. The molecular weight excluding hydrogens is 653 g/mol. The Morgan fingerprint density at radius 2 is 1.15 bits per heavy atom. The van der Waals surface area contributed by atoms with Crippen LogP contribution < -0.4 is 15.8 Å². The Hall–Kier alpha value is -7.09. The zero-order chi connectivity index (χ0) is 35.9. The first-order valence-electron chi connectivity index (χ1n) is 18.5. The largest absolute Gasteiger partial charge is 0.375 e. The van der Waals surface area contributed by atoms with Gasteiger partial charge in [0.25, 0.3) is 0 Å². The molecule has 0 saturated heterocycles. The number of para-hydroxylation sites is 2. The van der Waals surface area contributed by atoms with E-state index in [0.717, 1.165) is 11.3 Å². The number of anilines is 3. The maximum absolute atomic E-state index is 9.65. The van der Waals surface area contributed by atoms with E-state index < -0.39 is 0 Å². The molecule has 0 saturated carbocycles. The number of aromatic nitrogens is 1. The van der Waals surface area contributed by atoms with Gasteiger partial charge in [0.1, 0.15) is 0 Å². The van der Waals surface area contributed by atoms with Gasteiger partial charge in [-0.2, -0.15) is 5.26 Å². The lowest BCUT2D eigenvalue weighted by molar-refractivity contribution is 1.25. The van der Waals surface area contributed by atoms with Crippen molar-refractivity contribution >= 4 is 56.6 Å². The van der Waals surface area contributed by atoms with Crippen molar-refractivity contribution in [1.29, 1.82) is 5.26 Å². The smallest absolute Gasteiger partial charge is 0.333 e. The number of nitriles is 1. The summed E-state index contributed by atoms with van der Waals surface area (Å²) in [6.07, 6.45) is 0. The van der Waals surface area contributed by atoms with E-state index in [9.17, 15) is 5.26 Å². The summed E-state index contributed by atoms with van der Waals surface area (Å²) in [4.78, 5) is 2.48. The predicted octanol–water partition coefficient (Wildman–Crippen LogP) is 11.4. The third kappa shape index (κ3) is 4.36. The van der Waals surface area contributed by atoms with Crippen LogP contribution in [0.5, 0.6) is 0 Å². The van der Waals surface area contributed by atoms with Crippen molar-refractivity contribution < 1.29 is 0 Å². The van der Waals surface area contributed by atoms with Gasteiger partial charge >= 0.3 is 6.85 Å². The molecule has 3 heterocycles. The number of rotatable bonds is 4. The molecule has 0 fully saturated rings. The molecule has 0 bridgehead atoms. The molecule has 8 aromatic carbocycles. The minimum Gasteiger partial charge on any atom is -0.375 e. The number of hydrogen-bond donors (Lipinski definition) is 0. The van der Waals surface area contributed by atoms with Crippen molar-refractivity contribution in [2.45, 2.75) is 6.92 Å². The molecule has 2 aliphatic heterocycles. The van der Waals surface area contributed by atoms with Gasteiger partial charge in [0.2, 0.25) is 0 Å². The van der Waals surface area contributed by atoms with Crippen LogP contribution in [0.2, 0.25) is 0 Å². The van der Waals surface area contributed by atoms with Crippen molar-refractivity contribution in [2.75, 3.05) is 4.90 Å². The van der Waals surface area contributed by atoms with Crippen LogP contribution in [-0.4, -0.2) is 11.3 Å². The van der Waals surface area contributed by atoms with Crippen molar-refractivity contribution in [1.82, 2.24) is 4.48 Å². The van der Waals surface area contributed by atoms with E-state index in [2.05, 4.69) is 186 Å². The maximum Gasteiger partial charge on any atom is 0.333 e. The number of fused-ring (bicyclic) bond motifs is 7. The van der Waals surface area contributed by atoms with Gasteiger partial charge in [0.15, 0.2) is 0 Å². The monoisotopic (exact) mass is 685 g/mol. The van der Waals surface area contributed by atoms with Crippen LogP contribution in [0.1, 0.15) is 11.1 Å². The molecule has 0 atom stereocenters. The van der Waals surface area contributed by atoms with Crippen molar-refractivity contribution in [2.24, 2.45) is 0 Å².